The summed E-state index contributed by atoms with van der Waals surface area (Å²) < 4.78 is 11.1. The Morgan fingerprint density at radius 2 is 1.88 bits per heavy atom. The number of para-hydroxylation sites is 1. The van der Waals surface area contributed by atoms with E-state index in [1.807, 2.05) is 54.2 Å². The zero-order chi connectivity index (χ0) is 16.6. The standard InChI is InChI=1S/C18H18N2O3S/c21-18(11-22-15-4-2-1-3-5-15)20-19-10-14-6-8-16(9-7-14)23-17-12-24-13-17/h1-10,17H,11-13H2,(H,20,21). The van der Waals surface area contributed by atoms with E-state index in [-0.39, 0.29) is 12.5 Å². The molecule has 0 unspecified atom stereocenters. The van der Waals surface area contributed by atoms with Gasteiger partial charge < -0.3 is 9.47 Å². The Morgan fingerprint density at radius 3 is 2.54 bits per heavy atom. The minimum atomic E-state index is -0.308. The van der Waals surface area contributed by atoms with Gasteiger partial charge in [0.1, 0.15) is 17.6 Å². The van der Waals surface area contributed by atoms with Crippen LogP contribution in [-0.2, 0) is 4.79 Å². The van der Waals surface area contributed by atoms with Gasteiger partial charge in [-0.1, -0.05) is 18.2 Å². The number of nitrogens with zero attached hydrogens (tertiary/aromatic N) is 1. The van der Waals surface area contributed by atoms with Gasteiger partial charge in [-0.3, -0.25) is 4.79 Å². The van der Waals surface area contributed by atoms with E-state index in [2.05, 4.69) is 10.5 Å². The lowest BCUT2D eigenvalue weighted by molar-refractivity contribution is -0.123. The number of hydrazone groups is 1. The summed E-state index contributed by atoms with van der Waals surface area (Å²) in [4.78, 5) is 11.6. The lowest BCUT2D eigenvalue weighted by Gasteiger charge is -2.25. The van der Waals surface area contributed by atoms with Gasteiger partial charge in [0.2, 0.25) is 0 Å². The maximum Gasteiger partial charge on any atom is 0.277 e. The minimum absolute atomic E-state index is 0.0759. The summed E-state index contributed by atoms with van der Waals surface area (Å²) in [6.45, 7) is -0.0759. The summed E-state index contributed by atoms with van der Waals surface area (Å²) >= 11 is 1.89. The van der Waals surface area contributed by atoms with Crippen molar-refractivity contribution in [3.8, 4) is 11.5 Å². The molecule has 1 aliphatic rings. The highest BCUT2D eigenvalue weighted by Gasteiger charge is 2.19. The molecule has 124 valence electrons. The Bertz CT molecular complexity index is 685. The first-order valence-corrected chi connectivity index (χ1v) is 8.79. The number of carbonyl (C=O) groups excluding carboxylic acids is 1. The molecule has 2 aromatic rings. The van der Waals surface area contributed by atoms with Crippen molar-refractivity contribution >= 4 is 23.9 Å². The lowest BCUT2D eigenvalue weighted by Crippen LogP contribution is -2.30. The fourth-order valence-electron chi connectivity index (χ4n) is 1.98. The molecule has 1 aliphatic heterocycles. The van der Waals surface area contributed by atoms with Gasteiger partial charge in [-0.15, -0.1) is 0 Å². The number of rotatable bonds is 7. The Kier molecular flexibility index (Phi) is 5.74. The van der Waals surface area contributed by atoms with Gasteiger partial charge in [-0.25, -0.2) is 5.43 Å². The zero-order valence-corrected chi connectivity index (χ0v) is 13.9. The third kappa shape index (κ3) is 5.03. The van der Waals surface area contributed by atoms with Gasteiger partial charge in [0.05, 0.1) is 6.21 Å². The van der Waals surface area contributed by atoms with Crippen molar-refractivity contribution in [2.75, 3.05) is 18.1 Å². The molecule has 0 spiro atoms. The summed E-state index contributed by atoms with van der Waals surface area (Å²) in [5.41, 5.74) is 3.32. The predicted octanol–water partition coefficient (Wildman–Crippen LogP) is 2.71. The number of hydrogen-bond donors (Lipinski definition) is 1. The van der Waals surface area contributed by atoms with Crippen molar-refractivity contribution in [3.05, 3.63) is 60.2 Å². The van der Waals surface area contributed by atoms with Crippen molar-refractivity contribution in [3.63, 3.8) is 0 Å². The van der Waals surface area contributed by atoms with Crippen LogP contribution in [0.25, 0.3) is 0 Å². The van der Waals surface area contributed by atoms with Crippen LogP contribution in [0, 0.1) is 0 Å². The van der Waals surface area contributed by atoms with Gasteiger partial charge in [-0.05, 0) is 42.0 Å². The largest absolute Gasteiger partial charge is 0.489 e. The molecule has 1 amide bonds. The Balaban J connectivity index is 1.41. The molecule has 3 rings (SSSR count). The molecule has 5 nitrogen and oxygen atoms in total. The molecule has 0 bridgehead atoms. The minimum Gasteiger partial charge on any atom is -0.489 e. The van der Waals surface area contributed by atoms with E-state index in [1.54, 1.807) is 18.3 Å². The smallest absolute Gasteiger partial charge is 0.277 e. The molecule has 1 fully saturated rings. The van der Waals surface area contributed by atoms with Crippen molar-refractivity contribution in [2.45, 2.75) is 6.10 Å². The molecule has 1 saturated heterocycles. The Hall–Kier alpha value is -2.47. The molecule has 0 aromatic heterocycles. The highest BCUT2D eigenvalue weighted by Crippen LogP contribution is 2.23. The number of nitrogens with one attached hydrogen (secondary N) is 1. The normalized spacial score (nSPS) is 14.2. The van der Waals surface area contributed by atoms with Crippen LogP contribution < -0.4 is 14.9 Å². The highest BCUT2D eigenvalue weighted by molar-refractivity contribution is 8.00. The number of hydrogen-bond acceptors (Lipinski definition) is 5. The number of benzene rings is 2. The van der Waals surface area contributed by atoms with E-state index in [9.17, 15) is 4.79 Å². The van der Waals surface area contributed by atoms with Gasteiger partial charge in [0.15, 0.2) is 6.61 Å². The summed E-state index contributed by atoms with van der Waals surface area (Å²) in [6, 6.07) is 16.8. The van der Waals surface area contributed by atoms with Crippen LogP contribution in [0.15, 0.2) is 59.7 Å². The van der Waals surface area contributed by atoms with E-state index in [0.29, 0.717) is 11.9 Å². The molecule has 0 aliphatic carbocycles. The van der Waals surface area contributed by atoms with Gasteiger partial charge in [0, 0.05) is 11.5 Å². The quantitative estimate of drug-likeness (QED) is 0.621. The Labute approximate surface area is 145 Å². The molecular formula is C18H18N2O3S. The Morgan fingerprint density at radius 1 is 1.12 bits per heavy atom. The number of amides is 1. The summed E-state index contributed by atoms with van der Waals surface area (Å²) in [5, 5.41) is 3.92. The molecule has 24 heavy (non-hydrogen) atoms. The SMILES string of the molecule is O=C(COc1ccccc1)NN=Cc1ccc(OC2CSC2)cc1. The number of ether oxygens (including phenoxy) is 2. The molecule has 1 heterocycles. The fourth-order valence-corrected chi connectivity index (χ4v) is 2.55. The number of carbonyl (C=O) groups is 1. The topological polar surface area (TPSA) is 59.9 Å². The molecule has 6 heteroatoms. The first-order chi connectivity index (χ1) is 11.8. The zero-order valence-electron chi connectivity index (χ0n) is 13.1. The predicted molar refractivity (Wildman–Crippen MR) is 95.9 cm³/mol. The van der Waals surface area contributed by atoms with E-state index in [4.69, 9.17) is 9.47 Å². The van der Waals surface area contributed by atoms with Crippen molar-refractivity contribution in [1.29, 1.82) is 0 Å². The molecule has 0 saturated carbocycles. The molecule has 0 radical (unpaired) electrons. The van der Waals surface area contributed by atoms with Crippen LogP contribution in [0.1, 0.15) is 5.56 Å². The van der Waals surface area contributed by atoms with Crippen LogP contribution in [0.2, 0.25) is 0 Å². The van der Waals surface area contributed by atoms with Crippen LogP contribution in [0.4, 0.5) is 0 Å². The van der Waals surface area contributed by atoms with Crippen molar-refractivity contribution in [2.24, 2.45) is 5.10 Å². The van der Waals surface area contributed by atoms with Crippen LogP contribution >= 0.6 is 11.8 Å². The van der Waals surface area contributed by atoms with E-state index in [0.717, 1.165) is 22.8 Å². The first kappa shape index (κ1) is 16.4. The van der Waals surface area contributed by atoms with Crippen LogP contribution in [0.5, 0.6) is 11.5 Å². The summed E-state index contributed by atoms with van der Waals surface area (Å²) in [5.74, 6) is 3.31. The highest BCUT2D eigenvalue weighted by atomic mass is 32.2. The van der Waals surface area contributed by atoms with Gasteiger partial charge in [-0.2, -0.15) is 16.9 Å². The van der Waals surface area contributed by atoms with Crippen LogP contribution in [-0.4, -0.2) is 36.3 Å². The third-order valence-electron chi connectivity index (χ3n) is 3.31. The second-order valence-electron chi connectivity index (χ2n) is 5.24. The monoisotopic (exact) mass is 342 g/mol. The maximum absolute atomic E-state index is 11.6. The first-order valence-electron chi connectivity index (χ1n) is 7.64. The van der Waals surface area contributed by atoms with Gasteiger partial charge >= 0.3 is 0 Å². The summed E-state index contributed by atoms with van der Waals surface area (Å²) in [7, 11) is 0. The maximum atomic E-state index is 11.6. The van der Waals surface area contributed by atoms with Crippen LogP contribution in [0.3, 0.4) is 0 Å². The lowest BCUT2D eigenvalue weighted by atomic mass is 10.2. The average Bonchev–Trinajstić information content (AvgIpc) is 2.58. The molecule has 1 N–H and O–H groups in total. The number of thioether (sulfide) groups is 1. The average molecular weight is 342 g/mol. The molecule has 2 aromatic carbocycles. The molecular weight excluding hydrogens is 324 g/mol. The fraction of sp³-hybridized carbons (Fsp3) is 0.222. The van der Waals surface area contributed by atoms with E-state index in [1.165, 1.54) is 0 Å². The second-order valence-corrected chi connectivity index (χ2v) is 6.32. The molecule has 0 atom stereocenters. The second kappa shape index (κ2) is 8.40. The van der Waals surface area contributed by atoms with Gasteiger partial charge in [0.25, 0.3) is 5.91 Å². The summed E-state index contributed by atoms with van der Waals surface area (Å²) in [6.07, 6.45) is 1.92. The van der Waals surface area contributed by atoms with E-state index < -0.39 is 0 Å². The van der Waals surface area contributed by atoms with Crippen molar-refractivity contribution in [1.82, 2.24) is 5.43 Å². The van der Waals surface area contributed by atoms with Crippen molar-refractivity contribution < 1.29 is 14.3 Å². The third-order valence-corrected chi connectivity index (χ3v) is 4.52. The van der Waals surface area contributed by atoms with E-state index >= 15 is 0 Å².